The van der Waals surface area contributed by atoms with Gasteiger partial charge in [0.15, 0.2) is 0 Å². The number of pyridine rings is 1. The number of carbonyl (C=O) groups excluding carboxylic acids is 1. The maximum Gasteiger partial charge on any atom is 0.272 e. The van der Waals surface area contributed by atoms with Crippen LogP contribution in [0.25, 0.3) is 10.9 Å². The molecular weight excluding hydrogens is 302 g/mol. The van der Waals surface area contributed by atoms with E-state index in [2.05, 4.69) is 22.4 Å². The molecule has 0 aliphatic carbocycles. The van der Waals surface area contributed by atoms with E-state index in [-0.39, 0.29) is 5.91 Å². The molecule has 0 bridgehead atoms. The van der Waals surface area contributed by atoms with Crippen molar-refractivity contribution in [3.63, 3.8) is 0 Å². The zero-order valence-corrected chi connectivity index (χ0v) is 13.7. The summed E-state index contributed by atoms with van der Waals surface area (Å²) < 4.78 is 5.38. The quantitative estimate of drug-likeness (QED) is 0.573. The van der Waals surface area contributed by atoms with Crippen molar-refractivity contribution in [3.8, 4) is 0 Å². The first-order chi connectivity index (χ1) is 11.7. The number of amides is 1. The Bertz CT molecular complexity index is 897. The minimum absolute atomic E-state index is 0.259. The van der Waals surface area contributed by atoms with Gasteiger partial charge >= 0.3 is 0 Å². The Morgan fingerprint density at radius 2 is 2.12 bits per heavy atom. The number of hydrogen-bond donors (Lipinski definition) is 1. The summed E-state index contributed by atoms with van der Waals surface area (Å²) in [5.41, 5.74) is 4.87. The number of fused-ring (bicyclic) bond motifs is 1. The molecule has 0 saturated heterocycles. The molecule has 5 nitrogen and oxygen atoms in total. The average Bonchev–Trinajstić information content (AvgIpc) is 2.99. The zero-order chi connectivity index (χ0) is 16.9. The largest absolute Gasteiger partial charge is 0.460 e. The van der Waals surface area contributed by atoms with Crippen molar-refractivity contribution in [2.45, 2.75) is 26.7 Å². The lowest BCUT2D eigenvalue weighted by Crippen LogP contribution is -2.18. The van der Waals surface area contributed by atoms with Gasteiger partial charge in [0.25, 0.3) is 5.91 Å². The molecule has 1 aromatic carbocycles. The monoisotopic (exact) mass is 321 g/mol. The Balaban J connectivity index is 1.86. The summed E-state index contributed by atoms with van der Waals surface area (Å²) in [6.45, 7) is 3.94. The molecule has 5 heteroatoms. The Morgan fingerprint density at radius 3 is 2.88 bits per heavy atom. The third-order valence-electron chi connectivity index (χ3n) is 3.64. The second-order valence-corrected chi connectivity index (χ2v) is 5.58. The predicted octanol–water partition coefficient (Wildman–Crippen LogP) is 3.85. The van der Waals surface area contributed by atoms with E-state index >= 15 is 0 Å². The van der Waals surface area contributed by atoms with Crippen LogP contribution in [-0.4, -0.2) is 17.1 Å². The van der Waals surface area contributed by atoms with Gasteiger partial charge in [0.1, 0.15) is 11.5 Å². The number of hydrogen-bond acceptors (Lipinski definition) is 4. The number of para-hydroxylation sites is 1. The van der Waals surface area contributed by atoms with Crippen molar-refractivity contribution in [2.24, 2.45) is 5.10 Å². The SMILES string of the molecule is CCCc1cc(C(=O)N/N=C\c2ccc(C)o2)c2ccccc2n1. The number of aryl methyl sites for hydroxylation is 2. The van der Waals surface area contributed by atoms with Crippen LogP contribution in [0.5, 0.6) is 0 Å². The molecular formula is C19H19N3O2. The van der Waals surface area contributed by atoms with E-state index in [4.69, 9.17) is 4.42 Å². The fourth-order valence-corrected chi connectivity index (χ4v) is 2.54. The summed E-state index contributed by atoms with van der Waals surface area (Å²) in [5, 5.41) is 4.79. The number of hydrazone groups is 1. The lowest BCUT2D eigenvalue weighted by Gasteiger charge is -2.08. The van der Waals surface area contributed by atoms with E-state index in [1.54, 1.807) is 6.07 Å². The number of furan rings is 1. The molecule has 122 valence electrons. The van der Waals surface area contributed by atoms with Crippen LogP contribution in [0.15, 0.2) is 52.0 Å². The predicted molar refractivity (Wildman–Crippen MR) is 94.2 cm³/mol. The topological polar surface area (TPSA) is 67.5 Å². The summed E-state index contributed by atoms with van der Waals surface area (Å²) in [6, 6.07) is 13.1. The standard InChI is InChI=1S/C19H19N3O2/c1-3-6-14-11-17(16-7-4-5-8-18(16)21-14)19(23)22-20-12-15-10-9-13(2)24-15/h4-5,7-12H,3,6H2,1-2H3,(H,22,23)/b20-12-. The van der Waals surface area contributed by atoms with Gasteiger partial charge in [-0.15, -0.1) is 0 Å². The third-order valence-corrected chi connectivity index (χ3v) is 3.64. The first-order valence-electron chi connectivity index (χ1n) is 7.96. The molecule has 0 aliphatic heterocycles. The van der Waals surface area contributed by atoms with E-state index in [9.17, 15) is 4.79 Å². The Kier molecular flexibility index (Phi) is 4.70. The molecule has 0 spiro atoms. The highest BCUT2D eigenvalue weighted by Gasteiger charge is 2.12. The summed E-state index contributed by atoms with van der Waals surface area (Å²) in [6.07, 6.45) is 3.30. The third kappa shape index (κ3) is 3.51. The molecule has 1 amide bonds. The van der Waals surface area contributed by atoms with Crippen LogP contribution in [0, 0.1) is 6.92 Å². The van der Waals surface area contributed by atoms with Crippen LogP contribution in [0.2, 0.25) is 0 Å². The van der Waals surface area contributed by atoms with Gasteiger partial charge in [-0.05, 0) is 37.6 Å². The van der Waals surface area contributed by atoms with Crippen molar-refractivity contribution in [2.75, 3.05) is 0 Å². The highest BCUT2D eigenvalue weighted by atomic mass is 16.3. The lowest BCUT2D eigenvalue weighted by molar-refractivity contribution is 0.0956. The Labute approximate surface area is 140 Å². The highest BCUT2D eigenvalue weighted by molar-refractivity contribution is 6.06. The average molecular weight is 321 g/mol. The normalized spacial score (nSPS) is 11.2. The number of benzene rings is 1. The summed E-state index contributed by atoms with van der Waals surface area (Å²) in [5.74, 6) is 1.14. The van der Waals surface area contributed by atoms with Crippen molar-refractivity contribution < 1.29 is 9.21 Å². The minimum Gasteiger partial charge on any atom is -0.460 e. The summed E-state index contributed by atoms with van der Waals surface area (Å²) in [4.78, 5) is 17.1. The first kappa shape index (κ1) is 15.9. The van der Waals surface area contributed by atoms with Crippen LogP contribution in [0.1, 0.15) is 40.9 Å². The molecule has 3 rings (SSSR count). The molecule has 0 unspecified atom stereocenters. The van der Waals surface area contributed by atoms with Gasteiger partial charge < -0.3 is 4.42 Å². The van der Waals surface area contributed by atoms with Crippen molar-refractivity contribution in [3.05, 3.63) is 65.2 Å². The number of rotatable bonds is 5. The molecule has 1 N–H and O–H groups in total. The molecule has 0 fully saturated rings. The molecule has 0 saturated carbocycles. The Morgan fingerprint density at radius 1 is 1.29 bits per heavy atom. The highest BCUT2D eigenvalue weighted by Crippen LogP contribution is 2.19. The fraction of sp³-hybridized carbons (Fsp3) is 0.211. The maximum absolute atomic E-state index is 12.5. The molecule has 2 aromatic heterocycles. The Hall–Kier alpha value is -2.95. The first-order valence-corrected chi connectivity index (χ1v) is 7.96. The second-order valence-electron chi connectivity index (χ2n) is 5.58. The summed E-state index contributed by atoms with van der Waals surface area (Å²) in [7, 11) is 0. The van der Waals surface area contributed by atoms with Gasteiger partial charge in [-0.1, -0.05) is 31.5 Å². The lowest BCUT2D eigenvalue weighted by atomic mass is 10.1. The second kappa shape index (κ2) is 7.08. The van der Waals surface area contributed by atoms with Gasteiger partial charge in [0.2, 0.25) is 0 Å². The zero-order valence-electron chi connectivity index (χ0n) is 13.7. The van der Waals surface area contributed by atoms with E-state index in [1.807, 2.05) is 43.3 Å². The van der Waals surface area contributed by atoms with Gasteiger partial charge in [0, 0.05) is 11.1 Å². The molecule has 24 heavy (non-hydrogen) atoms. The minimum atomic E-state index is -0.259. The van der Waals surface area contributed by atoms with Crippen LogP contribution in [-0.2, 0) is 6.42 Å². The van der Waals surface area contributed by atoms with E-state index in [1.165, 1.54) is 6.21 Å². The molecule has 0 radical (unpaired) electrons. The number of aromatic nitrogens is 1. The van der Waals surface area contributed by atoms with Gasteiger partial charge in [-0.25, -0.2) is 5.43 Å². The van der Waals surface area contributed by atoms with Crippen LogP contribution in [0.3, 0.4) is 0 Å². The number of nitrogens with one attached hydrogen (secondary N) is 1. The van der Waals surface area contributed by atoms with Crippen molar-refractivity contribution in [1.29, 1.82) is 0 Å². The number of carbonyl (C=O) groups is 1. The maximum atomic E-state index is 12.5. The van der Waals surface area contributed by atoms with Gasteiger partial charge in [-0.2, -0.15) is 5.10 Å². The van der Waals surface area contributed by atoms with Crippen molar-refractivity contribution >= 4 is 23.0 Å². The number of nitrogens with zero attached hydrogens (tertiary/aromatic N) is 2. The van der Waals surface area contributed by atoms with Gasteiger partial charge in [0.05, 0.1) is 17.3 Å². The smallest absolute Gasteiger partial charge is 0.272 e. The fourth-order valence-electron chi connectivity index (χ4n) is 2.54. The molecule has 3 aromatic rings. The van der Waals surface area contributed by atoms with Crippen molar-refractivity contribution in [1.82, 2.24) is 10.4 Å². The van der Waals surface area contributed by atoms with Gasteiger partial charge in [-0.3, -0.25) is 9.78 Å². The molecule has 0 atom stereocenters. The molecule has 0 aliphatic rings. The molecule has 2 heterocycles. The van der Waals surface area contributed by atoms with E-state index in [0.29, 0.717) is 11.3 Å². The summed E-state index contributed by atoms with van der Waals surface area (Å²) >= 11 is 0. The van der Waals surface area contributed by atoms with Crippen LogP contribution in [0.4, 0.5) is 0 Å². The van der Waals surface area contributed by atoms with Crippen LogP contribution < -0.4 is 5.43 Å². The van der Waals surface area contributed by atoms with Crippen LogP contribution >= 0.6 is 0 Å². The van der Waals surface area contributed by atoms with E-state index in [0.717, 1.165) is 35.2 Å². The van der Waals surface area contributed by atoms with E-state index < -0.39 is 0 Å².